The number of Topliss-reactive ketones (excluding diaryl/α,β-unsaturated/α-hetero) is 1. The van der Waals surface area contributed by atoms with Crippen LogP contribution in [0.15, 0.2) is 18.2 Å². The summed E-state index contributed by atoms with van der Waals surface area (Å²) in [4.78, 5) is 15.0. The lowest BCUT2D eigenvalue weighted by molar-refractivity contribution is 0.0718. The third-order valence-corrected chi connectivity index (χ3v) is 4.60. The Morgan fingerprint density at radius 3 is 2.82 bits per heavy atom. The number of carbonyl (C=O) groups is 1. The Hall–Kier alpha value is -1.43. The third-order valence-electron chi connectivity index (χ3n) is 4.60. The molecule has 5 nitrogen and oxygen atoms in total. The van der Waals surface area contributed by atoms with Crippen molar-refractivity contribution in [2.45, 2.75) is 25.8 Å². The highest BCUT2D eigenvalue weighted by atomic mass is 16.1. The van der Waals surface area contributed by atoms with Gasteiger partial charge in [-0.2, -0.15) is 0 Å². The fourth-order valence-corrected chi connectivity index (χ4v) is 3.15. The highest BCUT2D eigenvalue weighted by molar-refractivity contribution is 6.00. The number of aryl methyl sites for hydroxylation is 1. The van der Waals surface area contributed by atoms with Crippen LogP contribution < -0.4 is 10.7 Å². The zero-order valence-corrected chi connectivity index (χ0v) is 13.6. The van der Waals surface area contributed by atoms with Crippen molar-refractivity contribution in [2.75, 3.05) is 45.1 Å². The van der Waals surface area contributed by atoms with Crippen LogP contribution in [-0.4, -0.2) is 61.5 Å². The topological polar surface area (TPSA) is 47.6 Å². The average molecular weight is 302 g/mol. The summed E-state index contributed by atoms with van der Waals surface area (Å²) in [7, 11) is 2.13. The molecule has 2 aliphatic rings. The van der Waals surface area contributed by atoms with Gasteiger partial charge in [0.05, 0.1) is 6.04 Å². The molecule has 0 radical (unpaired) electrons. The zero-order valence-electron chi connectivity index (χ0n) is 13.6. The average Bonchev–Trinajstić information content (AvgIpc) is 2.55. The van der Waals surface area contributed by atoms with Gasteiger partial charge in [-0.15, -0.1) is 0 Å². The molecular weight excluding hydrogens is 276 g/mol. The summed E-state index contributed by atoms with van der Waals surface area (Å²) in [5.74, 6) is 0.173. The fourth-order valence-electron chi connectivity index (χ4n) is 3.15. The zero-order chi connectivity index (χ0) is 15.5. The Kier molecular flexibility index (Phi) is 4.76. The highest BCUT2D eigenvalue weighted by Crippen LogP contribution is 2.23. The lowest BCUT2D eigenvalue weighted by Crippen LogP contribution is -2.54. The molecule has 3 rings (SSSR count). The first-order valence-corrected chi connectivity index (χ1v) is 8.24. The van der Waals surface area contributed by atoms with Gasteiger partial charge in [-0.1, -0.05) is 0 Å². The Morgan fingerprint density at radius 2 is 2.05 bits per heavy atom. The molecule has 5 heteroatoms. The number of nitrogens with zero attached hydrogens (tertiary/aromatic N) is 2. The summed E-state index contributed by atoms with van der Waals surface area (Å²) < 4.78 is 0. The molecule has 0 aliphatic carbocycles. The van der Waals surface area contributed by atoms with Gasteiger partial charge in [0.25, 0.3) is 0 Å². The number of anilines is 1. The van der Waals surface area contributed by atoms with E-state index in [0.717, 1.165) is 51.1 Å². The number of rotatable bonds is 4. The Labute approximate surface area is 132 Å². The molecule has 1 fully saturated rings. The minimum atomic E-state index is -0.182. The van der Waals surface area contributed by atoms with Gasteiger partial charge in [0, 0.05) is 44.0 Å². The highest BCUT2D eigenvalue weighted by Gasteiger charge is 2.21. The lowest BCUT2D eigenvalue weighted by atomic mass is 9.97. The summed E-state index contributed by atoms with van der Waals surface area (Å²) >= 11 is 0. The van der Waals surface area contributed by atoms with E-state index in [4.69, 9.17) is 0 Å². The minimum Gasteiger partial charge on any atom is -0.385 e. The van der Waals surface area contributed by atoms with Gasteiger partial charge in [-0.25, -0.2) is 10.4 Å². The van der Waals surface area contributed by atoms with E-state index in [1.54, 1.807) is 0 Å². The fraction of sp³-hybridized carbons (Fsp3) is 0.588. The van der Waals surface area contributed by atoms with Gasteiger partial charge in [-0.3, -0.25) is 4.79 Å². The molecule has 1 aromatic rings. The molecule has 0 saturated carbocycles. The van der Waals surface area contributed by atoms with Gasteiger partial charge < -0.3 is 10.2 Å². The largest absolute Gasteiger partial charge is 0.385 e. The number of carbonyl (C=O) groups excluding carboxylic acids is 1. The first-order chi connectivity index (χ1) is 10.6. The summed E-state index contributed by atoms with van der Waals surface area (Å²) in [6, 6.07) is 5.87. The van der Waals surface area contributed by atoms with Crippen molar-refractivity contribution in [2.24, 2.45) is 0 Å². The molecule has 2 aliphatic heterocycles. The number of nitrogens with one attached hydrogen (secondary N) is 2. The SMILES string of the molecule is CC(NN1CCN(C)CC1)C(=O)c1ccc2c(c1)CCCN2. The van der Waals surface area contributed by atoms with Crippen molar-refractivity contribution < 1.29 is 4.79 Å². The van der Waals surface area contributed by atoms with Gasteiger partial charge in [0.15, 0.2) is 5.78 Å². The molecular formula is C17H26N4O. The molecule has 0 aromatic heterocycles. The normalized spacial score (nSPS) is 21.0. The van der Waals surface area contributed by atoms with Crippen LogP contribution in [0, 0.1) is 0 Å². The molecule has 0 spiro atoms. The summed E-state index contributed by atoms with van der Waals surface area (Å²) in [6.45, 7) is 6.99. The first kappa shape index (κ1) is 15.5. The van der Waals surface area contributed by atoms with E-state index in [1.807, 2.05) is 19.1 Å². The van der Waals surface area contributed by atoms with E-state index < -0.39 is 0 Å². The van der Waals surface area contributed by atoms with Crippen LogP contribution in [-0.2, 0) is 6.42 Å². The maximum Gasteiger partial charge on any atom is 0.180 e. The van der Waals surface area contributed by atoms with E-state index >= 15 is 0 Å². The monoisotopic (exact) mass is 302 g/mol. The number of fused-ring (bicyclic) bond motifs is 1. The molecule has 1 atom stereocenters. The van der Waals surface area contributed by atoms with E-state index in [-0.39, 0.29) is 11.8 Å². The van der Waals surface area contributed by atoms with Crippen LogP contribution >= 0.6 is 0 Å². The smallest absolute Gasteiger partial charge is 0.180 e. The van der Waals surface area contributed by atoms with Crippen LogP contribution in [0.5, 0.6) is 0 Å². The molecule has 1 saturated heterocycles. The molecule has 1 aromatic carbocycles. The van der Waals surface area contributed by atoms with Gasteiger partial charge in [0.2, 0.25) is 0 Å². The van der Waals surface area contributed by atoms with Crippen LogP contribution in [0.25, 0.3) is 0 Å². The molecule has 0 bridgehead atoms. The van der Waals surface area contributed by atoms with Crippen molar-refractivity contribution >= 4 is 11.5 Å². The Morgan fingerprint density at radius 1 is 1.27 bits per heavy atom. The van der Waals surface area contributed by atoms with Crippen molar-refractivity contribution in [3.8, 4) is 0 Å². The molecule has 1 unspecified atom stereocenters. The van der Waals surface area contributed by atoms with Crippen LogP contribution in [0.2, 0.25) is 0 Å². The second-order valence-corrected chi connectivity index (χ2v) is 6.41. The third kappa shape index (κ3) is 3.48. The number of hydrogen-bond donors (Lipinski definition) is 2. The number of piperazine rings is 1. The van der Waals surface area contributed by atoms with Crippen molar-refractivity contribution in [3.05, 3.63) is 29.3 Å². The number of ketones is 1. The van der Waals surface area contributed by atoms with E-state index in [1.165, 1.54) is 11.3 Å². The standard InChI is InChI=1S/C17H26N4O/c1-13(19-21-10-8-20(2)9-11-21)17(22)15-5-6-16-14(12-15)4-3-7-18-16/h5-6,12-13,18-19H,3-4,7-11H2,1-2H3. The van der Waals surface area contributed by atoms with Crippen molar-refractivity contribution in [1.82, 2.24) is 15.3 Å². The Balaban J connectivity index is 1.63. The van der Waals surface area contributed by atoms with Gasteiger partial charge in [-0.05, 0) is 50.6 Å². The van der Waals surface area contributed by atoms with E-state index in [2.05, 4.69) is 33.8 Å². The quantitative estimate of drug-likeness (QED) is 0.823. The first-order valence-electron chi connectivity index (χ1n) is 8.24. The second kappa shape index (κ2) is 6.77. The van der Waals surface area contributed by atoms with Crippen molar-refractivity contribution in [3.63, 3.8) is 0 Å². The minimum absolute atomic E-state index is 0.173. The van der Waals surface area contributed by atoms with Gasteiger partial charge >= 0.3 is 0 Å². The maximum absolute atomic E-state index is 12.6. The van der Waals surface area contributed by atoms with Crippen LogP contribution in [0.4, 0.5) is 5.69 Å². The predicted octanol–water partition coefficient (Wildman–Crippen LogP) is 1.37. The van der Waals surface area contributed by atoms with Crippen molar-refractivity contribution in [1.29, 1.82) is 0 Å². The van der Waals surface area contributed by atoms with Crippen LogP contribution in [0.1, 0.15) is 29.3 Å². The summed E-state index contributed by atoms with van der Waals surface area (Å²) in [5.41, 5.74) is 6.63. The number of hydrogen-bond acceptors (Lipinski definition) is 5. The molecule has 2 heterocycles. The molecule has 0 amide bonds. The Bertz CT molecular complexity index is 537. The number of benzene rings is 1. The molecule has 120 valence electrons. The van der Waals surface area contributed by atoms with Crippen LogP contribution in [0.3, 0.4) is 0 Å². The van der Waals surface area contributed by atoms with E-state index in [0.29, 0.717) is 0 Å². The molecule has 2 N–H and O–H groups in total. The number of likely N-dealkylation sites (N-methyl/N-ethyl adjacent to an activating group) is 1. The number of hydrazine groups is 1. The summed E-state index contributed by atoms with van der Waals surface area (Å²) in [5, 5.41) is 5.56. The predicted molar refractivity (Wildman–Crippen MR) is 89.3 cm³/mol. The maximum atomic E-state index is 12.6. The van der Waals surface area contributed by atoms with Gasteiger partial charge in [0.1, 0.15) is 0 Å². The summed E-state index contributed by atoms with van der Waals surface area (Å²) in [6.07, 6.45) is 2.20. The van der Waals surface area contributed by atoms with E-state index in [9.17, 15) is 4.79 Å². The second-order valence-electron chi connectivity index (χ2n) is 6.41. The molecule has 22 heavy (non-hydrogen) atoms. The lowest BCUT2D eigenvalue weighted by Gasteiger charge is -2.34.